The van der Waals surface area contributed by atoms with Gasteiger partial charge in [-0.25, -0.2) is 0 Å². The predicted octanol–water partition coefficient (Wildman–Crippen LogP) is 6.43. The fraction of sp³-hybridized carbons (Fsp3) is 0.0667. The molecule has 0 bridgehead atoms. The van der Waals surface area contributed by atoms with Crippen LogP contribution in [0.2, 0.25) is 0 Å². The number of hydrogen-bond donors (Lipinski definition) is 0. The van der Waals surface area contributed by atoms with Gasteiger partial charge in [0, 0.05) is 17.5 Å². The molecule has 0 radical (unpaired) electrons. The second-order valence-corrected chi connectivity index (χ2v) is 8.02. The number of nitro groups is 1. The molecule has 2 aromatic rings. The van der Waals surface area contributed by atoms with Crippen molar-refractivity contribution in [3.63, 3.8) is 0 Å². The summed E-state index contributed by atoms with van der Waals surface area (Å²) >= 11 is 0. The summed E-state index contributed by atoms with van der Waals surface area (Å²) in [5, 5.41) is 10.2. The number of allylic oxidation sites excluding steroid dienone is 1. The van der Waals surface area contributed by atoms with Crippen LogP contribution in [0.15, 0.2) is 64.9 Å². The highest BCUT2D eigenvalue weighted by molar-refractivity contribution is 8.52. The molecule has 0 heterocycles. The lowest BCUT2D eigenvalue weighted by Gasteiger charge is -2.47. The molecule has 0 atom stereocenters. The third kappa shape index (κ3) is 3.70. The van der Waals surface area contributed by atoms with E-state index in [0.717, 1.165) is 0 Å². The molecule has 0 aliphatic heterocycles. The van der Waals surface area contributed by atoms with Crippen molar-refractivity contribution in [3.8, 4) is 0 Å². The normalized spacial score (nSPS) is 15.6. The van der Waals surface area contributed by atoms with E-state index in [-0.39, 0.29) is 16.5 Å². The maximum atomic E-state index is 14.3. The number of hydrogen-bond acceptors (Lipinski definition) is 2. The lowest BCUT2D eigenvalue weighted by molar-refractivity contribution is -0.384. The fourth-order valence-electron chi connectivity index (χ4n) is 2.04. The lowest BCUT2D eigenvalue weighted by Crippen LogP contribution is -2.11. The summed E-state index contributed by atoms with van der Waals surface area (Å²) in [4.78, 5) is 8.15. The maximum absolute atomic E-state index is 14.3. The predicted molar refractivity (Wildman–Crippen MR) is 83.5 cm³/mol. The Kier molecular flexibility index (Phi) is 3.57. The van der Waals surface area contributed by atoms with E-state index in [0.29, 0.717) is 24.3 Å². The lowest BCUT2D eigenvalue weighted by atomic mass is 10.1. The van der Waals surface area contributed by atoms with Crippen LogP contribution in [0.4, 0.5) is 21.2 Å². The van der Waals surface area contributed by atoms with Crippen molar-refractivity contribution in [2.24, 2.45) is 0 Å². The number of benzene rings is 2. The molecule has 0 spiro atoms. The van der Waals surface area contributed by atoms with Crippen molar-refractivity contribution in [3.05, 3.63) is 75.7 Å². The molecule has 124 valence electrons. The van der Waals surface area contributed by atoms with Crippen LogP contribution in [-0.2, 0) is 0 Å². The summed E-state index contributed by atoms with van der Waals surface area (Å²) < 4.78 is 57.4. The Morgan fingerprint density at radius 3 is 2.00 bits per heavy atom. The maximum Gasteiger partial charge on any atom is 0.269 e. The second kappa shape index (κ2) is 4.82. The van der Waals surface area contributed by atoms with Crippen LogP contribution in [0, 0.1) is 10.1 Å². The largest absolute Gasteiger partial charge is 0.269 e. The van der Waals surface area contributed by atoms with Crippen molar-refractivity contribution < 1.29 is 20.5 Å². The van der Waals surface area contributed by atoms with Gasteiger partial charge in [-0.15, -0.1) is 15.5 Å². The number of non-ortho nitro benzene ring substituents is 1. The molecular formula is C15H13F4NO2S. The van der Waals surface area contributed by atoms with Crippen LogP contribution >= 0.6 is 9.84 Å². The number of nitro benzene ring substituents is 1. The van der Waals surface area contributed by atoms with E-state index in [9.17, 15) is 25.7 Å². The molecular weight excluding hydrogens is 334 g/mol. The van der Waals surface area contributed by atoms with E-state index >= 15 is 0 Å². The molecule has 0 amide bonds. The Balaban J connectivity index is 2.56. The molecule has 0 aliphatic rings. The third-order valence-corrected chi connectivity index (χ3v) is 5.27. The first kappa shape index (κ1) is 17.0. The Morgan fingerprint density at radius 1 is 1.00 bits per heavy atom. The van der Waals surface area contributed by atoms with Crippen LogP contribution in [-0.4, -0.2) is 4.92 Å². The van der Waals surface area contributed by atoms with Crippen LogP contribution < -0.4 is 0 Å². The zero-order valence-electron chi connectivity index (χ0n) is 12.0. The minimum Gasteiger partial charge on any atom is -0.258 e. The Bertz CT molecular complexity index is 782. The van der Waals surface area contributed by atoms with Gasteiger partial charge in [-0.05, 0) is 30.2 Å². The van der Waals surface area contributed by atoms with Gasteiger partial charge >= 0.3 is 0 Å². The van der Waals surface area contributed by atoms with Gasteiger partial charge in [-0.1, -0.05) is 30.3 Å². The van der Waals surface area contributed by atoms with Gasteiger partial charge in [-0.3, -0.25) is 10.1 Å². The van der Waals surface area contributed by atoms with Crippen molar-refractivity contribution in [1.29, 1.82) is 0 Å². The van der Waals surface area contributed by atoms with Gasteiger partial charge < -0.3 is 0 Å². The van der Waals surface area contributed by atoms with Crippen molar-refractivity contribution >= 4 is 21.1 Å². The zero-order chi connectivity index (χ0) is 17.4. The van der Waals surface area contributed by atoms with E-state index in [1.54, 1.807) is 18.2 Å². The molecule has 2 rings (SSSR count). The highest BCUT2D eigenvalue weighted by Gasteiger charge is 2.62. The average Bonchev–Trinajstić information content (AvgIpc) is 2.46. The van der Waals surface area contributed by atoms with Crippen molar-refractivity contribution in [1.82, 2.24) is 0 Å². The Hall–Kier alpha value is -2.35. The van der Waals surface area contributed by atoms with Crippen molar-refractivity contribution in [2.75, 3.05) is 0 Å². The highest BCUT2D eigenvalue weighted by Crippen LogP contribution is 3.02. The first-order chi connectivity index (χ1) is 10.4. The van der Waals surface area contributed by atoms with Crippen molar-refractivity contribution in [2.45, 2.75) is 11.8 Å². The van der Waals surface area contributed by atoms with Crippen LogP contribution in [0.3, 0.4) is 0 Å². The highest BCUT2D eigenvalue weighted by atomic mass is 32.5. The summed E-state index contributed by atoms with van der Waals surface area (Å²) in [7, 11) is -8.70. The first-order valence-corrected chi connectivity index (χ1v) is 8.53. The van der Waals surface area contributed by atoms with Gasteiger partial charge in [0.25, 0.3) is 5.69 Å². The van der Waals surface area contributed by atoms with Gasteiger partial charge in [0.15, 0.2) is 0 Å². The summed E-state index contributed by atoms with van der Waals surface area (Å²) in [6, 6.07) is 9.68. The molecule has 0 saturated carbocycles. The topological polar surface area (TPSA) is 43.1 Å². The molecule has 8 heteroatoms. The van der Waals surface area contributed by atoms with E-state index in [2.05, 4.69) is 0 Å². The standard InChI is InChI=1S/C15H13F4NO2S/c1-12(13-5-3-2-4-6-13)11-23(16,17,18,19)15-9-7-14(8-10-15)20(21)22/h2-11H,1H3/b12-11-. The Morgan fingerprint density at radius 2 is 1.52 bits per heavy atom. The average molecular weight is 347 g/mol. The third-order valence-electron chi connectivity index (χ3n) is 3.18. The fourth-order valence-corrected chi connectivity index (χ4v) is 3.73. The van der Waals surface area contributed by atoms with Gasteiger partial charge in [0.05, 0.1) is 9.82 Å². The van der Waals surface area contributed by atoms with Crippen LogP contribution in [0.1, 0.15) is 12.5 Å². The summed E-state index contributed by atoms with van der Waals surface area (Å²) in [5.74, 6) is 0. The van der Waals surface area contributed by atoms with Gasteiger partial charge in [0.2, 0.25) is 9.84 Å². The molecule has 0 fully saturated rings. The van der Waals surface area contributed by atoms with E-state index in [1.807, 2.05) is 0 Å². The molecule has 3 nitrogen and oxygen atoms in total. The minimum absolute atomic E-state index is 0.241. The van der Waals surface area contributed by atoms with E-state index in [1.165, 1.54) is 19.1 Å². The molecule has 0 unspecified atom stereocenters. The van der Waals surface area contributed by atoms with E-state index < -0.39 is 25.3 Å². The van der Waals surface area contributed by atoms with E-state index in [4.69, 9.17) is 0 Å². The number of rotatable bonds is 4. The SMILES string of the molecule is C/C(=C/S(F)(F)(F)(F)c1ccc([N+](=O)[O-])cc1)c1ccccc1. The quantitative estimate of drug-likeness (QED) is 0.363. The molecule has 23 heavy (non-hydrogen) atoms. The molecule has 2 aromatic carbocycles. The molecule has 0 N–H and O–H groups in total. The molecule has 0 aliphatic carbocycles. The molecule has 0 aromatic heterocycles. The molecule has 0 saturated heterocycles. The van der Waals surface area contributed by atoms with Crippen LogP contribution in [0.25, 0.3) is 5.57 Å². The summed E-state index contributed by atoms with van der Waals surface area (Å²) in [6.07, 6.45) is 0. The van der Waals surface area contributed by atoms with Gasteiger partial charge in [0.1, 0.15) is 0 Å². The Labute approximate surface area is 129 Å². The van der Waals surface area contributed by atoms with Gasteiger partial charge in [-0.2, -0.15) is 0 Å². The zero-order valence-corrected chi connectivity index (χ0v) is 12.8. The minimum atomic E-state index is -8.70. The smallest absolute Gasteiger partial charge is 0.258 e. The summed E-state index contributed by atoms with van der Waals surface area (Å²) in [5.41, 5.74) is -0.573. The first-order valence-electron chi connectivity index (χ1n) is 6.42. The van der Waals surface area contributed by atoms with Crippen LogP contribution in [0.5, 0.6) is 0 Å². The number of nitrogens with zero attached hydrogens (tertiary/aromatic N) is 1. The number of halogens is 4. The summed E-state index contributed by atoms with van der Waals surface area (Å²) in [6.45, 7) is 1.17. The monoisotopic (exact) mass is 347 g/mol. The second-order valence-electron chi connectivity index (χ2n) is 5.05.